The Hall–Kier alpha value is -3.06. The molecular weight excluding hydrogens is 396 g/mol. The number of aryl methyl sites for hydroxylation is 1. The topological polar surface area (TPSA) is 79.8 Å². The summed E-state index contributed by atoms with van der Waals surface area (Å²) < 4.78 is 29.9. The highest BCUT2D eigenvalue weighted by Gasteiger charge is 2.31. The number of benzene rings is 2. The van der Waals surface area contributed by atoms with Crippen LogP contribution < -0.4 is 4.72 Å². The first-order valence-electron chi connectivity index (χ1n) is 10.3. The smallest absolute Gasteiger partial charge is 0.235 e. The van der Waals surface area contributed by atoms with E-state index in [2.05, 4.69) is 45.9 Å². The van der Waals surface area contributed by atoms with E-state index in [1.807, 2.05) is 29.0 Å². The van der Waals surface area contributed by atoms with Crippen molar-refractivity contribution in [3.63, 3.8) is 0 Å². The van der Waals surface area contributed by atoms with Gasteiger partial charge >= 0.3 is 0 Å². The average molecular weight is 421 g/mol. The van der Waals surface area contributed by atoms with Crippen LogP contribution in [-0.2, 0) is 16.4 Å². The van der Waals surface area contributed by atoms with Gasteiger partial charge in [-0.2, -0.15) is 0 Å². The van der Waals surface area contributed by atoms with Gasteiger partial charge in [-0.3, -0.25) is 4.72 Å². The highest BCUT2D eigenvalue weighted by molar-refractivity contribution is 7.93. The standard InChI is InChI=1S/C23H24N4O2S/c1-2-16-6-9-18(10-7-16)27-14-23(25-15-27)17-8-11-21-20(12-17)22(13-24-21)26-30(28,29)19-4-3-5-19/h6-15,19,24,26H,2-5H2,1H3. The quantitative estimate of drug-likeness (QED) is 0.467. The molecular formula is C23H24N4O2S. The molecule has 30 heavy (non-hydrogen) atoms. The Balaban J connectivity index is 1.45. The summed E-state index contributed by atoms with van der Waals surface area (Å²) in [5, 5.41) is 0.567. The number of H-pyrrole nitrogens is 1. The normalized spacial score (nSPS) is 14.7. The van der Waals surface area contributed by atoms with Crippen LogP contribution in [-0.4, -0.2) is 28.2 Å². The lowest BCUT2D eigenvalue weighted by Gasteiger charge is -2.25. The van der Waals surface area contributed by atoms with Gasteiger partial charge in [0.15, 0.2) is 0 Å². The van der Waals surface area contributed by atoms with Crippen molar-refractivity contribution in [2.24, 2.45) is 0 Å². The van der Waals surface area contributed by atoms with Crippen molar-refractivity contribution < 1.29 is 8.42 Å². The fourth-order valence-corrected chi connectivity index (χ4v) is 5.39. The third-order valence-corrected chi connectivity index (χ3v) is 7.80. The number of aromatic nitrogens is 3. The second-order valence-electron chi connectivity index (χ2n) is 7.85. The van der Waals surface area contributed by atoms with Crippen molar-refractivity contribution in [2.45, 2.75) is 37.9 Å². The van der Waals surface area contributed by atoms with E-state index in [0.717, 1.165) is 53.5 Å². The Morgan fingerprint density at radius 3 is 2.67 bits per heavy atom. The van der Waals surface area contributed by atoms with Crippen LogP contribution in [0, 0.1) is 0 Å². The predicted octanol–water partition coefficient (Wildman–Crippen LogP) is 4.88. The molecule has 0 radical (unpaired) electrons. The van der Waals surface area contributed by atoms with Crippen LogP contribution in [0.5, 0.6) is 0 Å². The summed E-state index contributed by atoms with van der Waals surface area (Å²) >= 11 is 0. The van der Waals surface area contributed by atoms with Gasteiger partial charge in [-0.1, -0.05) is 31.5 Å². The van der Waals surface area contributed by atoms with Crippen LogP contribution in [0.2, 0.25) is 0 Å². The van der Waals surface area contributed by atoms with Gasteiger partial charge in [0, 0.05) is 34.5 Å². The monoisotopic (exact) mass is 420 g/mol. The zero-order valence-corrected chi connectivity index (χ0v) is 17.6. The molecule has 1 saturated carbocycles. The second kappa shape index (κ2) is 7.32. The van der Waals surface area contributed by atoms with Gasteiger partial charge in [-0.05, 0) is 49.1 Å². The first-order chi connectivity index (χ1) is 14.5. The molecule has 0 atom stereocenters. The van der Waals surface area contributed by atoms with Crippen molar-refractivity contribution >= 4 is 26.6 Å². The molecule has 154 valence electrons. The number of hydrogen-bond acceptors (Lipinski definition) is 3. The van der Waals surface area contributed by atoms with Gasteiger partial charge in [0.1, 0.15) is 0 Å². The van der Waals surface area contributed by atoms with Crippen molar-refractivity contribution in [3.8, 4) is 16.9 Å². The second-order valence-corrected chi connectivity index (χ2v) is 9.81. The zero-order valence-electron chi connectivity index (χ0n) is 16.8. The van der Waals surface area contributed by atoms with E-state index in [9.17, 15) is 8.42 Å². The van der Waals surface area contributed by atoms with E-state index in [1.165, 1.54) is 5.56 Å². The van der Waals surface area contributed by atoms with E-state index < -0.39 is 10.0 Å². The van der Waals surface area contributed by atoms with Crippen molar-refractivity contribution in [1.82, 2.24) is 14.5 Å². The third kappa shape index (κ3) is 3.39. The molecule has 6 nitrogen and oxygen atoms in total. The first kappa shape index (κ1) is 18.9. The van der Waals surface area contributed by atoms with Crippen molar-refractivity contribution in [1.29, 1.82) is 0 Å². The van der Waals surface area contributed by atoms with Crippen molar-refractivity contribution in [3.05, 3.63) is 66.7 Å². The lowest BCUT2D eigenvalue weighted by atomic mass is 10.0. The first-order valence-corrected chi connectivity index (χ1v) is 11.8. The molecule has 0 amide bonds. The predicted molar refractivity (Wildman–Crippen MR) is 120 cm³/mol. The number of sulfonamides is 1. The molecule has 2 aromatic heterocycles. The number of hydrogen-bond donors (Lipinski definition) is 2. The SMILES string of the molecule is CCc1ccc(-n2cnc(-c3ccc4[nH]cc(NS(=O)(=O)C5CCC5)c4c3)c2)cc1. The van der Waals surface area contributed by atoms with E-state index in [1.54, 1.807) is 12.5 Å². The molecule has 5 rings (SSSR count). The van der Waals surface area contributed by atoms with Gasteiger partial charge in [-0.15, -0.1) is 0 Å². The summed E-state index contributed by atoms with van der Waals surface area (Å²) in [6, 6.07) is 14.4. The summed E-state index contributed by atoms with van der Waals surface area (Å²) in [6.45, 7) is 2.14. The van der Waals surface area contributed by atoms with Crippen LogP contribution in [0.15, 0.2) is 61.2 Å². The molecule has 0 unspecified atom stereocenters. The molecule has 1 fully saturated rings. The highest BCUT2D eigenvalue weighted by atomic mass is 32.2. The third-order valence-electron chi connectivity index (χ3n) is 5.95. The summed E-state index contributed by atoms with van der Waals surface area (Å²) in [5.74, 6) is 0. The number of nitrogens with zero attached hydrogens (tertiary/aromatic N) is 2. The lowest BCUT2D eigenvalue weighted by molar-refractivity contribution is 0.480. The van der Waals surface area contributed by atoms with Crippen LogP contribution >= 0.6 is 0 Å². The Morgan fingerprint density at radius 1 is 1.17 bits per heavy atom. The minimum atomic E-state index is -3.34. The average Bonchev–Trinajstić information content (AvgIpc) is 3.33. The Bertz CT molecular complexity index is 1300. The summed E-state index contributed by atoms with van der Waals surface area (Å²) in [5.41, 5.74) is 5.62. The summed E-state index contributed by atoms with van der Waals surface area (Å²) in [4.78, 5) is 7.72. The molecule has 1 aliphatic rings. The fraction of sp³-hybridized carbons (Fsp3) is 0.261. The molecule has 2 N–H and O–H groups in total. The maximum Gasteiger partial charge on any atom is 0.235 e. The maximum atomic E-state index is 12.5. The molecule has 0 aliphatic heterocycles. The van der Waals surface area contributed by atoms with Gasteiger partial charge in [0.05, 0.1) is 23.0 Å². The summed E-state index contributed by atoms with van der Waals surface area (Å²) in [7, 11) is -3.34. The molecule has 2 aromatic carbocycles. The number of anilines is 1. The van der Waals surface area contributed by atoms with E-state index in [-0.39, 0.29) is 5.25 Å². The Labute approximate surface area is 176 Å². The largest absolute Gasteiger partial charge is 0.359 e. The van der Waals surface area contributed by atoms with Crippen molar-refractivity contribution in [2.75, 3.05) is 4.72 Å². The van der Waals surface area contributed by atoms with Crippen LogP contribution in [0.25, 0.3) is 27.8 Å². The van der Waals surface area contributed by atoms with E-state index in [4.69, 9.17) is 0 Å². The lowest BCUT2D eigenvalue weighted by Crippen LogP contribution is -2.33. The molecule has 0 spiro atoms. The number of nitrogens with one attached hydrogen (secondary N) is 2. The molecule has 7 heteroatoms. The van der Waals surface area contributed by atoms with E-state index in [0.29, 0.717) is 5.69 Å². The molecule has 4 aromatic rings. The molecule has 2 heterocycles. The van der Waals surface area contributed by atoms with Gasteiger partial charge in [-0.25, -0.2) is 13.4 Å². The minimum absolute atomic E-state index is 0.277. The number of fused-ring (bicyclic) bond motifs is 1. The van der Waals surface area contributed by atoms with Gasteiger partial charge < -0.3 is 9.55 Å². The van der Waals surface area contributed by atoms with Crippen LogP contribution in [0.1, 0.15) is 31.7 Å². The Morgan fingerprint density at radius 2 is 1.97 bits per heavy atom. The number of aromatic amines is 1. The molecule has 0 saturated heterocycles. The number of rotatable bonds is 6. The fourth-order valence-electron chi connectivity index (χ4n) is 3.80. The molecule has 0 bridgehead atoms. The van der Waals surface area contributed by atoms with Gasteiger partial charge in [0.25, 0.3) is 0 Å². The number of imidazole rings is 1. The van der Waals surface area contributed by atoms with Gasteiger partial charge in [0.2, 0.25) is 10.0 Å². The minimum Gasteiger partial charge on any atom is -0.359 e. The van der Waals surface area contributed by atoms with E-state index >= 15 is 0 Å². The zero-order chi connectivity index (χ0) is 20.7. The van der Waals surface area contributed by atoms with Crippen LogP contribution in [0.3, 0.4) is 0 Å². The summed E-state index contributed by atoms with van der Waals surface area (Å²) in [6.07, 6.45) is 8.98. The molecule has 1 aliphatic carbocycles. The maximum absolute atomic E-state index is 12.5. The highest BCUT2D eigenvalue weighted by Crippen LogP contribution is 2.32. The Kier molecular flexibility index (Phi) is 4.62. The van der Waals surface area contributed by atoms with Crippen LogP contribution in [0.4, 0.5) is 5.69 Å².